The van der Waals surface area contributed by atoms with Crippen molar-refractivity contribution >= 4 is 34.8 Å². The number of carbonyl (C=O) groups excluding carboxylic acids is 1. The van der Waals surface area contributed by atoms with E-state index in [9.17, 15) is 4.79 Å². The molecule has 6 heteroatoms. The number of nitrogens with two attached hydrogens (primary N) is 1. The summed E-state index contributed by atoms with van der Waals surface area (Å²) in [4.78, 5) is 20.8. The maximum absolute atomic E-state index is 12.0. The van der Waals surface area contributed by atoms with Gasteiger partial charge in [0.25, 0.3) is 5.91 Å². The van der Waals surface area contributed by atoms with Gasteiger partial charge in [-0.2, -0.15) is 0 Å². The largest absolute Gasteiger partial charge is 0.366 e. The predicted octanol–water partition coefficient (Wildman–Crippen LogP) is 3.06. The minimum absolute atomic E-state index is 0.299. The number of aromatic nitrogens is 2. The minimum Gasteiger partial charge on any atom is -0.366 e. The van der Waals surface area contributed by atoms with Gasteiger partial charge in [0.15, 0.2) is 0 Å². The molecular weight excluding hydrogens is 350 g/mol. The first kappa shape index (κ1) is 18.1. The molecule has 0 bridgehead atoms. The number of carbonyl (C=O) groups is 1. The van der Waals surface area contributed by atoms with Crippen molar-refractivity contribution in [3.8, 4) is 0 Å². The zero-order valence-electron chi connectivity index (χ0n) is 15.6. The van der Waals surface area contributed by atoms with Crippen molar-refractivity contribution in [3.63, 3.8) is 0 Å². The number of primary amides is 1. The second kappa shape index (κ2) is 8.19. The number of nitrogens with one attached hydrogen (secondary N) is 2. The highest BCUT2D eigenvalue weighted by molar-refractivity contribution is 6.08. The molecule has 1 saturated heterocycles. The summed E-state index contributed by atoms with van der Waals surface area (Å²) in [5.41, 5.74) is 8.57. The Bertz CT molecular complexity index is 1010. The SMILES string of the molecule is NC(=O)c1cc(/C=C/c2ccccc2)cc2c(N[C@H]3CCCNC3)ncnc12. The smallest absolute Gasteiger partial charge is 0.250 e. The topological polar surface area (TPSA) is 92.9 Å². The van der Waals surface area contributed by atoms with Crippen LogP contribution in [0.25, 0.3) is 23.1 Å². The van der Waals surface area contributed by atoms with Crippen molar-refractivity contribution in [2.75, 3.05) is 18.4 Å². The molecule has 28 heavy (non-hydrogen) atoms. The molecule has 3 aromatic rings. The van der Waals surface area contributed by atoms with Gasteiger partial charge in [-0.05, 0) is 42.6 Å². The van der Waals surface area contributed by atoms with E-state index >= 15 is 0 Å². The van der Waals surface area contributed by atoms with Crippen molar-refractivity contribution in [3.05, 3.63) is 65.5 Å². The van der Waals surface area contributed by atoms with E-state index < -0.39 is 5.91 Å². The van der Waals surface area contributed by atoms with Crippen LogP contribution in [0.2, 0.25) is 0 Å². The van der Waals surface area contributed by atoms with Gasteiger partial charge in [-0.15, -0.1) is 0 Å². The number of piperidine rings is 1. The van der Waals surface area contributed by atoms with Crippen molar-refractivity contribution in [2.24, 2.45) is 5.73 Å². The number of fused-ring (bicyclic) bond motifs is 1. The molecule has 1 fully saturated rings. The maximum atomic E-state index is 12.0. The van der Waals surface area contributed by atoms with Crippen molar-refractivity contribution < 1.29 is 4.79 Å². The second-order valence-electron chi connectivity index (χ2n) is 6.98. The van der Waals surface area contributed by atoms with Crippen LogP contribution in [0, 0.1) is 0 Å². The van der Waals surface area contributed by atoms with Gasteiger partial charge >= 0.3 is 0 Å². The zero-order valence-corrected chi connectivity index (χ0v) is 15.6. The van der Waals surface area contributed by atoms with E-state index in [2.05, 4.69) is 20.6 Å². The number of amides is 1. The van der Waals surface area contributed by atoms with Crippen molar-refractivity contribution in [1.29, 1.82) is 0 Å². The highest BCUT2D eigenvalue weighted by Gasteiger charge is 2.17. The van der Waals surface area contributed by atoms with Gasteiger partial charge in [0.05, 0.1) is 11.1 Å². The van der Waals surface area contributed by atoms with Gasteiger partial charge in [0.1, 0.15) is 12.1 Å². The molecule has 1 atom stereocenters. The third-order valence-electron chi connectivity index (χ3n) is 4.93. The number of rotatable bonds is 5. The number of anilines is 1. The van der Waals surface area contributed by atoms with Crippen LogP contribution in [0.15, 0.2) is 48.8 Å². The fourth-order valence-electron chi connectivity index (χ4n) is 3.51. The summed E-state index contributed by atoms with van der Waals surface area (Å²) in [6.45, 7) is 1.94. The Labute approximate surface area is 163 Å². The summed E-state index contributed by atoms with van der Waals surface area (Å²) < 4.78 is 0. The van der Waals surface area contributed by atoms with Gasteiger partial charge in [-0.25, -0.2) is 9.97 Å². The van der Waals surface area contributed by atoms with E-state index in [1.165, 1.54) is 6.33 Å². The molecule has 2 aromatic carbocycles. The lowest BCUT2D eigenvalue weighted by molar-refractivity contribution is 0.100. The van der Waals surface area contributed by atoms with Crippen LogP contribution in [0.3, 0.4) is 0 Å². The molecule has 142 valence electrons. The monoisotopic (exact) mass is 373 g/mol. The van der Waals surface area contributed by atoms with Crippen LogP contribution < -0.4 is 16.4 Å². The van der Waals surface area contributed by atoms with E-state index in [1.54, 1.807) is 6.07 Å². The van der Waals surface area contributed by atoms with Crippen molar-refractivity contribution in [1.82, 2.24) is 15.3 Å². The van der Waals surface area contributed by atoms with Crippen LogP contribution in [-0.2, 0) is 0 Å². The Kier molecular flexibility index (Phi) is 5.30. The van der Waals surface area contributed by atoms with Gasteiger partial charge in [0.2, 0.25) is 0 Å². The highest BCUT2D eigenvalue weighted by Crippen LogP contribution is 2.26. The molecule has 1 aromatic heterocycles. The third-order valence-corrected chi connectivity index (χ3v) is 4.93. The van der Waals surface area contributed by atoms with E-state index in [4.69, 9.17) is 5.73 Å². The van der Waals surface area contributed by atoms with Crippen LogP contribution >= 0.6 is 0 Å². The molecule has 0 unspecified atom stereocenters. The standard InChI is InChI=1S/C22H23N5O/c23-21(28)18-11-16(9-8-15-5-2-1-3-6-15)12-19-20(18)25-14-26-22(19)27-17-7-4-10-24-13-17/h1-3,5-6,8-9,11-12,14,17,24H,4,7,10,13H2,(H2,23,28)(H,25,26,27)/b9-8+/t17-/m0/s1. The number of nitrogens with zero attached hydrogens (tertiary/aromatic N) is 2. The lowest BCUT2D eigenvalue weighted by atomic mass is 10.0. The van der Waals surface area contributed by atoms with Gasteiger partial charge in [-0.3, -0.25) is 4.79 Å². The molecule has 1 aliphatic heterocycles. The summed E-state index contributed by atoms with van der Waals surface area (Å²) in [5.74, 6) is 0.236. The molecule has 0 radical (unpaired) electrons. The van der Waals surface area contributed by atoms with Crippen molar-refractivity contribution in [2.45, 2.75) is 18.9 Å². The lowest BCUT2D eigenvalue weighted by Crippen LogP contribution is -2.38. The van der Waals surface area contributed by atoms with Gasteiger partial charge in [0, 0.05) is 18.0 Å². The van der Waals surface area contributed by atoms with Gasteiger partial charge < -0.3 is 16.4 Å². The molecule has 0 spiro atoms. The molecule has 4 rings (SSSR count). The average Bonchev–Trinajstić information content (AvgIpc) is 2.73. The quantitative estimate of drug-likeness (QED) is 0.598. The van der Waals surface area contributed by atoms with Crippen LogP contribution in [-0.4, -0.2) is 35.0 Å². The molecule has 1 amide bonds. The summed E-state index contributed by atoms with van der Waals surface area (Å²) in [7, 11) is 0. The summed E-state index contributed by atoms with van der Waals surface area (Å²) in [6.07, 6.45) is 7.66. The van der Waals surface area contributed by atoms with E-state index in [0.717, 1.165) is 48.3 Å². The molecule has 0 saturated carbocycles. The number of hydrogen-bond acceptors (Lipinski definition) is 5. The molecule has 6 nitrogen and oxygen atoms in total. The number of benzene rings is 2. The number of hydrogen-bond donors (Lipinski definition) is 3. The van der Waals surface area contributed by atoms with E-state index in [-0.39, 0.29) is 0 Å². The maximum Gasteiger partial charge on any atom is 0.250 e. The highest BCUT2D eigenvalue weighted by atomic mass is 16.1. The Hall–Kier alpha value is -3.25. The summed E-state index contributed by atoms with van der Waals surface area (Å²) >= 11 is 0. The molecular formula is C22H23N5O. The average molecular weight is 373 g/mol. The predicted molar refractivity (Wildman–Crippen MR) is 113 cm³/mol. The lowest BCUT2D eigenvalue weighted by Gasteiger charge is -2.24. The van der Waals surface area contributed by atoms with Crippen LogP contribution in [0.4, 0.5) is 5.82 Å². The summed E-state index contributed by atoms with van der Waals surface area (Å²) in [6, 6.07) is 14.1. The molecule has 1 aliphatic rings. The molecule has 2 heterocycles. The normalized spacial score (nSPS) is 17.1. The Balaban J connectivity index is 1.75. The van der Waals surface area contributed by atoms with Crippen LogP contribution in [0.5, 0.6) is 0 Å². The summed E-state index contributed by atoms with van der Waals surface area (Å²) in [5, 5.41) is 7.70. The van der Waals surface area contributed by atoms with Crippen LogP contribution in [0.1, 0.15) is 34.3 Å². The molecule has 0 aliphatic carbocycles. The Morgan fingerprint density at radius 3 is 2.71 bits per heavy atom. The fraction of sp³-hybridized carbons (Fsp3) is 0.227. The minimum atomic E-state index is -0.496. The Morgan fingerprint density at radius 2 is 1.96 bits per heavy atom. The molecule has 4 N–H and O–H groups in total. The Morgan fingerprint density at radius 1 is 1.14 bits per heavy atom. The van der Waals surface area contributed by atoms with E-state index in [0.29, 0.717) is 17.1 Å². The van der Waals surface area contributed by atoms with Gasteiger partial charge in [-0.1, -0.05) is 42.5 Å². The first-order valence-electron chi connectivity index (χ1n) is 9.49. The first-order valence-corrected chi connectivity index (χ1v) is 9.49. The first-order chi connectivity index (χ1) is 13.7. The zero-order chi connectivity index (χ0) is 19.3. The fourth-order valence-corrected chi connectivity index (χ4v) is 3.51. The third kappa shape index (κ3) is 4.02. The van der Waals surface area contributed by atoms with E-state index in [1.807, 2.05) is 48.6 Å². The second-order valence-corrected chi connectivity index (χ2v) is 6.98.